The molecule has 0 bridgehead atoms. The van der Waals surface area contributed by atoms with E-state index in [4.69, 9.17) is 5.11 Å². The third-order valence-electron chi connectivity index (χ3n) is 2.67. The molecule has 0 saturated carbocycles. The fraction of sp³-hybridized carbons (Fsp3) is 0.0714. The number of sulfonamides is 1. The number of carbonyl (C=O) groups is 1. The Morgan fingerprint density at radius 2 is 1.60 bits per heavy atom. The van der Waals surface area contributed by atoms with Crippen molar-refractivity contribution in [3.63, 3.8) is 0 Å². The second kappa shape index (κ2) is 5.85. The highest BCUT2D eigenvalue weighted by atomic mass is 32.2. The minimum Gasteiger partial charge on any atom is -0.480 e. The van der Waals surface area contributed by atoms with E-state index in [9.17, 15) is 13.2 Å². The molecule has 0 saturated heterocycles. The van der Waals surface area contributed by atoms with Gasteiger partial charge >= 0.3 is 5.97 Å². The van der Waals surface area contributed by atoms with Gasteiger partial charge in [0.25, 0.3) is 0 Å². The van der Waals surface area contributed by atoms with Gasteiger partial charge in [-0.25, -0.2) is 8.42 Å². The number of benzene rings is 2. The predicted octanol–water partition coefficient (Wildman–Crippen LogP) is 1.72. The lowest BCUT2D eigenvalue weighted by Crippen LogP contribution is -2.29. The number of hydrogen-bond acceptors (Lipinski definition) is 3. The molecule has 0 spiro atoms. The topological polar surface area (TPSA) is 83.5 Å². The molecule has 5 nitrogen and oxygen atoms in total. The van der Waals surface area contributed by atoms with Crippen molar-refractivity contribution in [2.45, 2.75) is 4.90 Å². The van der Waals surface area contributed by atoms with Gasteiger partial charge < -0.3 is 5.11 Å². The van der Waals surface area contributed by atoms with Crippen molar-refractivity contribution >= 4 is 16.0 Å². The largest absolute Gasteiger partial charge is 0.480 e. The standard InChI is InChI=1S/C14H13NO4S/c16-14(17)10-15-20(18,19)13-9-5-4-8-12(13)11-6-2-1-3-7-11/h1-9,15H,10H2,(H,16,17). The summed E-state index contributed by atoms with van der Waals surface area (Å²) in [6.07, 6.45) is 0. The summed E-state index contributed by atoms with van der Waals surface area (Å²) in [6, 6.07) is 15.5. The van der Waals surface area contributed by atoms with E-state index in [2.05, 4.69) is 4.72 Å². The zero-order valence-electron chi connectivity index (χ0n) is 10.5. The molecule has 0 aliphatic carbocycles. The van der Waals surface area contributed by atoms with Gasteiger partial charge in [-0.2, -0.15) is 4.72 Å². The van der Waals surface area contributed by atoms with Crippen molar-refractivity contribution in [2.75, 3.05) is 6.54 Å². The van der Waals surface area contributed by atoms with Crippen LogP contribution in [0.4, 0.5) is 0 Å². The van der Waals surface area contributed by atoms with Gasteiger partial charge in [0.15, 0.2) is 0 Å². The molecule has 104 valence electrons. The van der Waals surface area contributed by atoms with Gasteiger partial charge in [-0.3, -0.25) is 4.79 Å². The normalized spacial score (nSPS) is 11.2. The van der Waals surface area contributed by atoms with Gasteiger partial charge in [-0.1, -0.05) is 48.5 Å². The van der Waals surface area contributed by atoms with Gasteiger partial charge in [0, 0.05) is 5.56 Å². The lowest BCUT2D eigenvalue weighted by molar-refractivity contribution is -0.135. The van der Waals surface area contributed by atoms with Crippen LogP contribution < -0.4 is 4.72 Å². The summed E-state index contributed by atoms with van der Waals surface area (Å²) in [6.45, 7) is -0.647. The van der Waals surface area contributed by atoms with E-state index in [0.717, 1.165) is 5.56 Å². The van der Waals surface area contributed by atoms with Crippen LogP contribution in [0.25, 0.3) is 11.1 Å². The molecule has 0 aromatic heterocycles. The maximum Gasteiger partial charge on any atom is 0.318 e. The summed E-state index contributed by atoms with van der Waals surface area (Å²) in [4.78, 5) is 10.6. The SMILES string of the molecule is O=C(O)CNS(=O)(=O)c1ccccc1-c1ccccc1. The summed E-state index contributed by atoms with van der Waals surface area (Å²) < 4.78 is 26.4. The number of hydrogen-bond donors (Lipinski definition) is 2. The Hall–Kier alpha value is -2.18. The van der Waals surface area contributed by atoms with Gasteiger partial charge in [0.1, 0.15) is 6.54 Å². The number of carboxylic acids is 1. The van der Waals surface area contributed by atoms with E-state index in [0.29, 0.717) is 5.56 Å². The smallest absolute Gasteiger partial charge is 0.318 e. The van der Waals surface area contributed by atoms with Crippen LogP contribution >= 0.6 is 0 Å². The Balaban J connectivity index is 2.45. The Bertz CT molecular complexity index is 711. The lowest BCUT2D eigenvalue weighted by Gasteiger charge is -2.10. The molecular formula is C14H13NO4S. The van der Waals surface area contributed by atoms with Crippen LogP contribution in [0.5, 0.6) is 0 Å². The van der Waals surface area contributed by atoms with Gasteiger partial charge in [0.2, 0.25) is 10.0 Å². The van der Waals surface area contributed by atoms with Crippen molar-refractivity contribution in [3.8, 4) is 11.1 Å². The number of rotatable bonds is 5. The van der Waals surface area contributed by atoms with Crippen LogP contribution in [0.3, 0.4) is 0 Å². The van der Waals surface area contributed by atoms with Crippen molar-refractivity contribution in [2.24, 2.45) is 0 Å². The summed E-state index contributed by atoms with van der Waals surface area (Å²) in [5, 5.41) is 8.58. The molecular weight excluding hydrogens is 278 g/mol. The zero-order chi connectivity index (χ0) is 14.6. The van der Waals surface area contributed by atoms with E-state index in [1.807, 2.05) is 18.2 Å². The predicted molar refractivity (Wildman–Crippen MR) is 74.7 cm³/mol. The van der Waals surface area contributed by atoms with Crippen molar-refractivity contribution in [1.29, 1.82) is 0 Å². The maximum atomic E-state index is 12.2. The average molecular weight is 291 g/mol. The third-order valence-corrected chi connectivity index (χ3v) is 4.13. The molecule has 6 heteroatoms. The first-order valence-corrected chi connectivity index (χ1v) is 7.35. The van der Waals surface area contributed by atoms with Crippen molar-refractivity contribution in [3.05, 3.63) is 54.6 Å². The number of carboxylic acid groups (broad SMARTS) is 1. The molecule has 0 amide bonds. The molecule has 20 heavy (non-hydrogen) atoms. The zero-order valence-corrected chi connectivity index (χ0v) is 11.3. The second-order valence-corrected chi connectivity index (χ2v) is 5.82. The highest BCUT2D eigenvalue weighted by Crippen LogP contribution is 2.26. The van der Waals surface area contributed by atoms with Crippen LogP contribution in [0.15, 0.2) is 59.5 Å². The fourth-order valence-electron chi connectivity index (χ4n) is 1.79. The highest BCUT2D eigenvalue weighted by Gasteiger charge is 2.19. The molecule has 2 rings (SSSR count). The average Bonchev–Trinajstić information content (AvgIpc) is 2.46. The minimum absolute atomic E-state index is 0.0625. The van der Waals surface area contributed by atoms with Crippen molar-refractivity contribution < 1.29 is 18.3 Å². The Morgan fingerprint density at radius 3 is 2.25 bits per heavy atom. The van der Waals surface area contributed by atoms with E-state index in [1.54, 1.807) is 30.3 Å². The van der Waals surface area contributed by atoms with Gasteiger partial charge in [0.05, 0.1) is 4.90 Å². The molecule has 0 atom stereocenters. The second-order valence-electron chi connectivity index (χ2n) is 4.08. The minimum atomic E-state index is -3.86. The van der Waals surface area contributed by atoms with Gasteiger partial charge in [-0.05, 0) is 11.6 Å². The first-order valence-electron chi connectivity index (χ1n) is 5.86. The summed E-state index contributed by atoms with van der Waals surface area (Å²) in [5.74, 6) is -1.23. The van der Waals surface area contributed by atoms with Crippen molar-refractivity contribution in [1.82, 2.24) is 4.72 Å². The molecule has 0 aliphatic heterocycles. The monoisotopic (exact) mass is 291 g/mol. The summed E-state index contributed by atoms with van der Waals surface area (Å²) >= 11 is 0. The molecule has 0 radical (unpaired) electrons. The van der Waals surface area contributed by atoms with Crippen LogP contribution in [0.1, 0.15) is 0 Å². The van der Waals surface area contributed by atoms with Crippen LogP contribution in [0.2, 0.25) is 0 Å². The van der Waals surface area contributed by atoms with E-state index in [-0.39, 0.29) is 4.90 Å². The van der Waals surface area contributed by atoms with E-state index >= 15 is 0 Å². The molecule has 0 fully saturated rings. The van der Waals surface area contributed by atoms with Crippen LogP contribution in [-0.2, 0) is 14.8 Å². The Morgan fingerprint density at radius 1 is 1.00 bits per heavy atom. The van der Waals surface area contributed by atoms with E-state index in [1.165, 1.54) is 6.07 Å². The first-order chi connectivity index (χ1) is 9.50. The molecule has 2 N–H and O–H groups in total. The molecule has 2 aromatic carbocycles. The number of aliphatic carboxylic acids is 1. The number of nitrogens with one attached hydrogen (secondary N) is 1. The molecule has 0 heterocycles. The van der Waals surface area contributed by atoms with E-state index < -0.39 is 22.5 Å². The third kappa shape index (κ3) is 3.23. The Labute approximate surface area is 116 Å². The highest BCUT2D eigenvalue weighted by molar-refractivity contribution is 7.89. The first kappa shape index (κ1) is 14.2. The van der Waals surface area contributed by atoms with Gasteiger partial charge in [-0.15, -0.1) is 0 Å². The summed E-state index contributed by atoms with van der Waals surface area (Å²) in [7, 11) is -3.86. The van der Waals surface area contributed by atoms with Crippen LogP contribution in [-0.4, -0.2) is 26.0 Å². The Kier molecular flexibility index (Phi) is 4.16. The molecule has 0 unspecified atom stereocenters. The lowest BCUT2D eigenvalue weighted by atomic mass is 10.1. The molecule has 0 aliphatic rings. The molecule has 2 aromatic rings. The quantitative estimate of drug-likeness (QED) is 0.878. The van der Waals surface area contributed by atoms with Crippen LogP contribution in [0, 0.1) is 0 Å². The summed E-state index contributed by atoms with van der Waals surface area (Å²) in [5.41, 5.74) is 1.29. The maximum absolute atomic E-state index is 12.2. The fourth-order valence-corrected chi connectivity index (χ4v) is 2.99.